The second-order valence-electron chi connectivity index (χ2n) is 8.56. The fraction of sp³-hybridized carbons (Fsp3) is 0.185. The summed E-state index contributed by atoms with van der Waals surface area (Å²) in [5.41, 5.74) is 6.95. The SMILES string of the molecule is Cc1ccc(S(=O)(=O)NC(=O)NCCc2ccc(-n3nc(C)c(-c4ccc(Cl)cc4)c3C)cc2)cc1. The van der Waals surface area contributed by atoms with Gasteiger partial charge < -0.3 is 5.32 Å². The number of rotatable bonds is 7. The zero-order valence-corrected chi connectivity index (χ0v) is 21.8. The fourth-order valence-electron chi connectivity index (χ4n) is 3.99. The highest BCUT2D eigenvalue weighted by atomic mass is 35.5. The van der Waals surface area contributed by atoms with Gasteiger partial charge in [0.1, 0.15) is 0 Å². The predicted octanol–water partition coefficient (Wildman–Crippen LogP) is 5.35. The van der Waals surface area contributed by atoms with Crippen molar-refractivity contribution >= 4 is 27.7 Å². The topological polar surface area (TPSA) is 93.1 Å². The van der Waals surface area contributed by atoms with Crippen LogP contribution in [0.25, 0.3) is 16.8 Å². The van der Waals surface area contributed by atoms with Crippen LogP contribution < -0.4 is 10.0 Å². The lowest BCUT2D eigenvalue weighted by Gasteiger charge is -2.10. The molecule has 0 aliphatic carbocycles. The first kappa shape index (κ1) is 25.5. The first-order chi connectivity index (χ1) is 17.1. The van der Waals surface area contributed by atoms with Crippen LogP contribution in [0.1, 0.15) is 22.5 Å². The van der Waals surface area contributed by atoms with Gasteiger partial charge in [-0.3, -0.25) is 0 Å². The number of carbonyl (C=O) groups is 1. The van der Waals surface area contributed by atoms with Crippen molar-refractivity contribution in [1.29, 1.82) is 0 Å². The average Bonchev–Trinajstić information content (AvgIpc) is 3.14. The Labute approximate surface area is 216 Å². The summed E-state index contributed by atoms with van der Waals surface area (Å²) in [7, 11) is -3.91. The summed E-state index contributed by atoms with van der Waals surface area (Å²) >= 11 is 6.03. The van der Waals surface area contributed by atoms with E-state index in [0.717, 1.165) is 39.3 Å². The van der Waals surface area contributed by atoms with E-state index in [1.54, 1.807) is 12.1 Å². The van der Waals surface area contributed by atoms with Crippen molar-refractivity contribution in [3.63, 3.8) is 0 Å². The van der Waals surface area contributed by atoms with E-state index in [1.165, 1.54) is 12.1 Å². The van der Waals surface area contributed by atoms with Crippen LogP contribution in [0.15, 0.2) is 77.7 Å². The second kappa shape index (κ2) is 10.6. The molecule has 3 aromatic carbocycles. The minimum Gasteiger partial charge on any atom is -0.337 e. The van der Waals surface area contributed by atoms with Crippen LogP contribution in [0.4, 0.5) is 4.79 Å². The molecular formula is C27H27ClN4O3S. The highest BCUT2D eigenvalue weighted by Crippen LogP contribution is 2.29. The van der Waals surface area contributed by atoms with Gasteiger partial charge in [0.25, 0.3) is 10.0 Å². The molecule has 0 saturated carbocycles. The molecule has 36 heavy (non-hydrogen) atoms. The Balaban J connectivity index is 1.36. The number of nitrogens with zero attached hydrogens (tertiary/aromatic N) is 2. The largest absolute Gasteiger partial charge is 0.337 e. The highest BCUT2D eigenvalue weighted by molar-refractivity contribution is 7.90. The summed E-state index contributed by atoms with van der Waals surface area (Å²) < 4.78 is 28.6. The van der Waals surface area contributed by atoms with Crippen molar-refractivity contribution in [2.75, 3.05) is 6.54 Å². The molecule has 0 saturated heterocycles. The van der Waals surface area contributed by atoms with E-state index in [4.69, 9.17) is 16.7 Å². The molecule has 2 amide bonds. The summed E-state index contributed by atoms with van der Waals surface area (Å²) in [6, 6.07) is 21.1. The van der Waals surface area contributed by atoms with Gasteiger partial charge in [-0.15, -0.1) is 0 Å². The molecule has 0 spiro atoms. The maximum Gasteiger partial charge on any atom is 0.328 e. The van der Waals surface area contributed by atoms with Crippen molar-refractivity contribution in [3.05, 3.63) is 100 Å². The Morgan fingerprint density at radius 3 is 2.19 bits per heavy atom. The normalized spacial score (nSPS) is 11.3. The fourth-order valence-corrected chi connectivity index (χ4v) is 5.04. The van der Waals surface area contributed by atoms with E-state index in [-0.39, 0.29) is 11.4 Å². The Hall–Kier alpha value is -3.62. The van der Waals surface area contributed by atoms with Gasteiger partial charge in [0.05, 0.1) is 16.3 Å². The van der Waals surface area contributed by atoms with Crippen LogP contribution in [-0.2, 0) is 16.4 Å². The number of urea groups is 1. The first-order valence-corrected chi connectivity index (χ1v) is 13.3. The van der Waals surface area contributed by atoms with E-state index < -0.39 is 16.1 Å². The highest BCUT2D eigenvalue weighted by Gasteiger charge is 2.17. The third kappa shape index (κ3) is 5.78. The third-order valence-corrected chi connectivity index (χ3v) is 7.46. The number of aromatic nitrogens is 2. The lowest BCUT2D eigenvalue weighted by molar-refractivity contribution is 0.246. The average molecular weight is 523 g/mol. The molecule has 4 aromatic rings. The number of amides is 2. The van der Waals surface area contributed by atoms with Crippen molar-refractivity contribution < 1.29 is 13.2 Å². The molecule has 9 heteroatoms. The number of benzene rings is 3. The Morgan fingerprint density at radius 1 is 0.917 bits per heavy atom. The summed E-state index contributed by atoms with van der Waals surface area (Å²) in [6.45, 7) is 6.16. The van der Waals surface area contributed by atoms with Gasteiger partial charge in [-0.25, -0.2) is 22.6 Å². The number of hydrogen-bond donors (Lipinski definition) is 2. The minimum absolute atomic E-state index is 0.0437. The molecule has 1 aromatic heterocycles. The van der Waals surface area contributed by atoms with Crippen molar-refractivity contribution in [1.82, 2.24) is 19.8 Å². The number of halogens is 1. The third-order valence-electron chi connectivity index (χ3n) is 5.86. The van der Waals surface area contributed by atoms with Gasteiger partial charge in [-0.1, -0.05) is 53.6 Å². The summed E-state index contributed by atoms with van der Waals surface area (Å²) in [4.78, 5) is 12.2. The molecule has 186 valence electrons. The van der Waals surface area contributed by atoms with Crippen LogP contribution in [0.5, 0.6) is 0 Å². The maximum absolute atomic E-state index is 12.3. The maximum atomic E-state index is 12.3. The first-order valence-electron chi connectivity index (χ1n) is 11.4. The molecule has 0 aliphatic rings. The smallest absolute Gasteiger partial charge is 0.328 e. The zero-order chi connectivity index (χ0) is 25.9. The van der Waals surface area contributed by atoms with E-state index in [2.05, 4.69) is 5.32 Å². The minimum atomic E-state index is -3.91. The number of aryl methyl sites for hydroxylation is 2. The van der Waals surface area contributed by atoms with Gasteiger partial charge in [-0.2, -0.15) is 5.10 Å². The van der Waals surface area contributed by atoms with Crippen LogP contribution in [-0.4, -0.2) is 30.8 Å². The van der Waals surface area contributed by atoms with Crippen LogP contribution in [0.2, 0.25) is 5.02 Å². The van der Waals surface area contributed by atoms with E-state index in [9.17, 15) is 13.2 Å². The molecule has 0 unspecified atom stereocenters. The van der Waals surface area contributed by atoms with Crippen LogP contribution >= 0.6 is 11.6 Å². The molecule has 1 heterocycles. The number of nitrogens with one attached hydrogen (secondary N) is 2. The number of hydrogen-bond acceptors (Lipinski definition) is 4. The van der Waals surface area contributed by atoms with Crippen LogP contribution in [0.3, 0.4) is 0 Å². The molecule has 0 fully saturated rings. The molecule has 7 nitrogen and oxygen atoms in total. The molecule has 0 bridgehead atoms. The second-order valence-corrected chi connectivity index (χ2v) is 10.7. The van der Waals surface area contributed by atoms with E-state index >= 15 is 0 Å². The Bertz CT molecular complexity index is 1480. The zero-order valence-electron chi connectivity index (χ0n) is 20.2. The monoisotopic (exact) mass is 522 g/mol. The van der Waals surface area contributed by atoms with Crippen molar-refractivity contribution in [2.24, 2.45) is 0 Å². The molecule has 0 atom stereocenters. The van der Waals surface area contributed by atoms with E-state index in [0.29, 0.717) is 11.4 Å². The molecule has 0 radical (unpaired) electrons. The summed E-state index contributed by atoms with van der Waals surface area (Å²) in [5, 5.41) is 8.01. The molecular weight excluding hydrogens is 496 g/mol. The quantitative estimate of drug-likeness (QED) is 0.342. The van der Waals surface area contributed by atoms with E-state index in [1.807, 2.05) is 78.7 Å². The lowest BCUT2D eigenvalue weighted by atomic mass is 10.0. The predicted molar refractivity (Wildman–Crippen MR) is 142 cm³/mol. The number of carbonyl (C=O) groups excluding carboxylic acids is 1. The van der Waals surface area contributed by atoms with Gasteiger partial charge in [0.2, 0.25) is 0 Å². The summed E-state index contributed by atoms with van der Waals surface area (Å²) in [6.07, 6.45) is 0.547. The van der Waals surface area contributed by atoms with Gasteiger partial charge in [0, 0.05) is 22.8 Å². The molecule has 0 aliphatic heterocycles. The van der Waals surface area contributed by atoms with Gasteiger partial charge in [0.15, 0.2) is 0 Å². The summed E-state index contributed by atoms with van der Waals surface area (Å²) in [5.74, 6) is 0. The van der Waals surface area contributed by atoms with Gasteiger partial charge in [-0.05, 0) is 74.7 Å². The standard InChI is InChI=1S/C27H27ClN4O3S/c1-18-4-14-25(15-5-18)36(34,35)31-27(33)29-17-16-21-6-12-24(13-7-21)32-20(3)26(19(2)30-32)22-8-10-23(28)11-9-22/h4-15H,16-17H2,1-3H3,(H2,29,31,33). The van der Waals surface area contributed by atoms with Crippen LogP contribution in [0, 0.1) is 20.8 Å². The van der Waals surface area contributed by atoms with Crippen molar-refractivity contribution in [2.45, 2.75) is 32.1 Å². The molecule has 4 rings (SSSR count). The Kier molecular flexibility index (Phi) is 7.47. The Morgan fingerprint density at radius 2 is 1.56 bits per heavy atom. The lowest BCUT2D eigenvalue weighted by Crippen LogP contribution is -2.40. The van der Waals surface area contributed by atoms with Gasteiger partial charge >= 0.3 is 6.03 Å². The number of sulfonamides is 1. The molecule has 2 N–H and O–H groups in total. The van der Waals surface area contributed by atoms with Crippen molar-refractivity contribution in [3.8, 4) is 16.8 Å².